The normalized spacial score (nSPS) is 12.1. The van der Waals surface area contributed by atoms with Crippen molar-refractivity contribution in [2.75, 3.05) is 14.2 Å². The quantitative estimate of drug-likeness (QED) is 0.749. The smallest absolute Gasteiger partial charge is 0.305 e. The fourth-order valence-corrected chi connectivity index (χ4v) is 3.05. The number of hydroxylamine groups is 1. The third-order valence-corrected chi connectivity index (χ3v) is 4.64. The number of hydrogen-bond acceptors (Lipinski definition) is 5. The number of nitrogens with zero attached hydrogens (tertiary/aromatic N) is 3. The zero-order valence-corrected chi connectivity index (χ0v) is 12.1. The molecule has 0 saturated heterocycles. The van der Waals surface area contributed by atoms with Crippen LogP contribution < -0.4 is 0 Å². The van der Waals surface area contributed by atoms with Gasteiger partial charge in [-0.25, -0.2) is 8.42 Å². The fourth-order valence-electron chi connectivity index (χ4n) is 1.70. The first-order valence-corrected chi connectivity index (χ1v) is 6.94. The Morgan fingerprint density at radius 1 is 1.47 bits per heavy atom. The molecule has 1 aromatic heterocycles. The molecular formula is C10H17N3O5S. The number of rotatable bonds is 6. The highest BCUT2D eigenvalue weighted by Crippen LogP contribution is 2.22. The third kappa shape index (κ3) is 3.11. The summed E-state index contributed by atoms with van der Waals surface area (Å²) in [5, 5.41) is 12.7. The highest BCUT2D eigenvalue weighted by Gasteiger charge is 2.28. The summed E-state index contributed by atoms with van der Waals surface area (Å²) in [5.74, 6) is -0.967. The van der Waals surface area contributed by atoms with Gasteiger partial charge in [0.25, 0.3) is 10.0 Å². The lowest BCUT2D eigenvalue weighted by Crippen LogP contribution is -2.26. The van der Waals surface area contributed by atoms with E-state index in [-0.39, 0.29) is 17.9 Å². The highest BCUT2D eigenvalue weighted by molar-refractivity contribution is 7.89. The maximum atomic E-state index is 12.2. The molecule has 0 aliphatic rings. The van der Waals surface area contributed by atoms with Gasteiger partial charge in [0.2, 0.25) is 0 Å². The second kappa shape index (κ2) is 5.68. The molecular weight excluding hydrogens is 274 g/mol. The van der Waals surface area contributed by atoms with Crippen molar-refractivity contribution in [2.45, 2.75) is 31.7 Å². The van der Waals surface area contributed by atoms with Gasteiger partial charge in [0.15, 0.2) is 0 Å². The van der Waals surface area contributed by atoms with Crippen LogP contribution in [0.4, 0.5) is 0 Å². The molecule has 0 unspecified atom stereocenters. The molecule has 0 radical (unpaired) electrons. The van der Waals surface area contributed by atoms with Crippen molar-refractivity contribution in [3.63, 3.8) is 0 Å². The van der Waals surface area contributed by atoms with E-state index in [0.717, 1.165) is 4.47 Å². The van der Waals surface area contributed by atoms with E-state index in [9.17, 15) is 13.2 Å². The second-order valence-electron chi connectivity index (χ2n) is 3.96. The van der Waals surface area contributed by atoms with Crippen molar-refractivity contribution in [1.29, 1.82) is 0 Å². The lowest BCUT2D eigenvalue weighted by Gasteiger charge is -2.14. The molecule has 0 saturated carbocycles. The van der Waals surface area contributed by atoms with Crippen molar-refractivity contribution in [3.8, 4) is 0 Å². The van der Waals surface area contributed by atoms with Crippen molar-refractivity contribution < 1.29 is 23.2 Å². The van der Waals surface area contributed by atoms with Crippen molar-refractivity contribution >= 4 is 16.0 Å². The zero-order chi connectivity index (χ0) is 14.8. The Hall–Kier alpha value is -1.45. The number of carboxylic acid groups (broad SMARTS) is 1. The van der Waals surface area contributed by atoms with Crippen LogP contribution in [-0.4, -0.2) is 47.9 Å². The molecule has 19 heavy (non-hydrogen) atoms. The largest absolute Gasteiger partial charge is 0.481 e. The number of carboxylic acids is 1. The summed E-state index contributed by atoms with van der Waals surface area (Å²) in [5.41, 5.74) is 0.703. The Labute approximate surface area is 111 Å². The Bertz CT molecular complexity index is 578. The summed E-state index contributed by atoms with van der Waals surface area (Å²) in [6, 6.07) is 0. The van der Waals surface area contributed by atoms with Gasteiger partial charge >= 0.3 is 5.97 Å². The number of aromatic nitrogens is 2. The van der Waals surface area contributed by atoms with E-state index in [0.29, 0.717) is 11.4 Å². The van der Waals surface area contributed by atoms with Crippen LogP contribution in [0.1, 0.15) is 17.8 Å². The van der Waals surface area contributed by atoms with Gasteiger partial charge < -0.3 is 5.11 Å². The summed E-state index contributed by atoms with van der Waals surface area (Å²) in [6.07, 6.45) is -0.123. The number of hydrogen-bond donors (Lipinski definition) is 1. The highest BCUT2D eigenvalue weighted by atomic mass is 32.2. The number of carbonyl (C=O) groups is 1. The maximum Gasteiger partial charge on any atom is 0.305 e. The van der Waals surface area contributed by atoms with E-state index in [2.05, 4.69) is 5.10 Å². The van der Waals surface area contributed by atoms with Crippen LogP contribution in [0.3, 0.4) is 0 Å². The van der Waals surface area contributed by atoms with E-state index in [4.69, 9.17) is 9.94 Å². The van der Waals surface area contributed by atoms with E-state index >= 15 is 0 Å². The third-order valence-electron chi connectivity index (χ3n) is 2.71. The SMILES string of the molecule is CON(C)S(=O)(=O)c1c(C)nn(CCC(=O)O)c1C. The van der Waals surface area contributed by atoms with Gasteiger partial charge in [-0.15, -0.1) is 0 Å². The molecule has 0 bridgehead atoms. The first kappa shape index (κ1) is 15.6. The van der Waals surface area contributed by atoms with Gasteiger partial charge in [0, 0.05) is 7.05 Å². The average Bonchev–Trinajstić information content (AvgIpc) is 2.60. The Kier molecular flexibility index (Phi) is 4.66. The van der Waals surface area contributed by atoms with Crippen LogP contribution in [0, 0.1) is 13.8 Å². The molecule has 9 heteroatoms. The summed E-state index contributed by atoms with van der Waals surface area (Å²) in [6.45, 7) is 3.26. The summed E-state index contributed by atoms with van der Waals surface area (Å²) in [7, 11) is -1.26. The van der Waals surface area contributed by atoms with E-state index in [1.54, 1.807) is 13.8 Å². The molecule has 0 fully saturated rings. The van der Waals surface area contributed by atoms with Crippen molar-refractivity contribution in [3.05, 3.63) is 11.4 Å². The summed E-state index contributed by atoms with van der Waals surface area (Å²) < 4.78 is 26.5. The molecule has 1 rings (SSSR count). The van der Waals surface area contributed by atoms with Crippen LogP contribution >= 0.6 is 0 Å². The van der Waals surface area contributed by atoms with Gasteiger partial charge in [-0.1, -0.05) is 4.47 Å². The molecule has 1 heterocycles. The molecule has 1 N–H and O–H groups in total. The Morgan fingerprint density at radius 2 is 2.05 bits per heavy atom. The molecule has 108 valence electrons. The monoisotopic (exact) mass is 291 g/mol. The minimum atomic E-state index is -3.79. The van der Waals surface area contributed by atoms with Gasteiger partial charge in [0.1, 0.15) is 4.90 Å². The zero-order valence-electron chi connectivity index (χ0n) is 11.2. The van der Waals surface area contributed by atoms with Crippen LogP contribution in [0.2, 0.25) is 0 Å². The second-order valence-corrected chi connectivity index (χ2v) is 5.84. The van der Waals surface area contributed by atoms with Crippen LogP contribution in [0.5, 0.6) is 0 Å². The van der Waals surface area contributed by atoms with Gasteiger partial charge in [-0.3, -0.25) is 14.3 Å². The van der Waals surface area contributed by atoms with E-state index < -0.39 is 16.0 Å². The van der Waals surface area contributed by atoms with Crippen molar-refractivity contribution in [2.24, 2.45) is 0 Å². The van der Waals surface area contributed by atoms with E-state index in [1.807, 2.05) is 0 Å². The standard InChI is InChI=1S/C10H17N3O5S/c1-7-10(19(16,17)12(3)18-4)8(2)13(11-7)6-5-9(14)15/h5-6H2,1-4H3,(H,14,15). The molecule has 0 spiro atoms. The Balaban J connectivity index is 3.21. The molecule has 0 aromatic carbocycles. The lowest BCUT2D eigenvalue weighted by molar-refractivity contribution is -0.137. The molecule has 0 atom stereocenters. The van der Waals surface area contributed by atoms with Crippen LogP contribution in [0.15, 0.2) is 4.90 Å². The number of sulfonamides is 1. The first-order chi connectivity index (χ1) is 8.71. The molecule has 1 aromatic rings. The predicted octanol–water partition coefficient (Wildman–Crippen LogP) is 0.157. The summed E-state index contributed by atoms with van der Waals surface area (Å²) in [4.78, 5) is 15.3. The lowest BCUT2D eigenvalue weighted by atomic mass is 10.4. The van der Waals surface area contributed by atoms with Crippen LogP contribution in [0.25, 0.3) is 0 Å². The minimum Gasteiger partial charge on any atom is -0.481 e. The fraction of sp³-hybridized carbons (Fsp3) is 0.600. The predicted molar refractivity (Wildman–Crippen MR) is 65.9 cm³/mol. The molecule has 0 aliphatic heterocycles. The van der Waals surface area contributed by atoms with E-state index in [1.165, 1.54) is 18.8 Å². The summed E-state index contributed by atoms with van der Waals surface area (Å²) >= 11 is 0. The molecule has 0 amide bonds. The molecule has 8 nitrogen and oxygen atoms in total. The Morgan fingerprint density at radius 3 is 2.53 bits per heavy atom. The van der Waals surface area contributed by atoms with Gasteiger partial charge in [-0.05, 0) is 13.8 Å². The first-order valence-electron chi connectivity index (χ1n) is 5.50. The van der Waals surface area contributed by atoms with Gasteiger partial charge in [-0.2, -0.15) is 5.10 Å². The number of aliphatic carboxylic acids is 1. The minimum absolute atomic E-state index is 0.0437. The van der Waals surface area contributed by atoms with Crippen molar-refractivity contribution in [1.82, 2.24) is 14.2 Å². The average molecular weight is 291 g/mol. The number of aryl methyl sites for hydroxylation is 2. The molecule has 0 aliphatic carbocycles. The van der Waals surface area contributed by atoms with Gasteiger partial charge in [0.05, 0.1) is 31.5 Å². The maximum absolute atomic E-state index is 12.2. The van der Waals surface area contributed by atoms with Crippen LogP contribution in [-0.2, 0) is 26.2 Å². The topological polar surface area (TPSA) is 102 Å².